The largest absolute Gasteiger partial charge is 0.493 e. The van der Waals surface area contributed by atoms with Crippen LogP contribution >= 0.6 is 0 Å². The molecule has 0 bridgehead atoms. The van der Waals surface area contributed by atoms with E-state index in [0.717, 1.165) is 18.0 Å². The fourth-order valence-corrected chi connectivity index (χ4v) is 1.51. The number of ether oxygens (including phenoxy) is 1. The molecule has 2 N–H and O–H groups in total. The van der Waals surface area contributed by atoms with Gasteiger partial charge in [-0.05, 0) is 19.2 Å². The average molecular weight is 236 g/mol. The molecule has 4 nitrogen and oxygen atoms in total. The molecule has 0 saturated carbocycles. The zero-order valence-electron chi connectivity index (χ0n) is 10.6. The highest BCUT2D eigenvalue weighted by molar-refractivity contribution is 5.88. The quantitative estimate of drug-likeness (QED) is 0.793. The second-order valence-corrected chi connectivity index (χ2v) is 4.18. The fourth-order valence-electron chi connectivity index (χ4n) is 1.51. The van der Waals surface area contributed by atoms with Crippen LogP contribution in [0.2, 0.25) is 0 Å². The standard InChI is InChI=1S/C13H20N2O2/c1-10(8-14-3)9-17-13-6-4-5-12(7-13)15-11(2)16/h4-7,10,14H,8-9H2,1-3H3,(H,15,16). The molecule has 1 aromatic carbocycles. The summed E-state index contributed by atoms with van der Waals surface area (Å²) in [4.78, 5) is 10.9. The number of carbonyl (C=O) groups excluding carboxylic acids is 1. The monoisotopic (exact) mass is 236 g/mol. The third kappa shape index (κ3) is 5.36. The van der Waals surface area contributed by atoms with Crippen LogP contribution in [-0.4, -0.2) is 26.1 Å². The molecule has 17 heavy (non-hydrogen) atoms. The smallest absolute Gasteiger partial charge is 0.221 e. The molecule has 4 heteroatoms. The van der Waals surface area contributed by atoms with E-state index in [4.69, 9.17) is 4.74 Å². The molecule has 94 valence electrons. The molecule has 0 aliphatic heterocycles. The van der Waals surface area contributed by atoms with Gasteiger partial charge < -0.3 is 15.4 Å². The lowest BCUT2D eigenvalue weighted by Gasteiger charge is -2.13. The lowest BCUT2D eigenvalue weighted by atomic mass is 10.2. The van der Waals surface area contributed by atoms with Gasteiger partial charge in [0.2, 0.25) is 5.91 Å². The molecular formula is C13H20N2O2. The SMILES string of the molecule is CNCC(C)COc1cccc(NC(C)=O)c1. The Morgan fingerprint density at radius 1 is 1.47 bits per heavy atom. The van der Waals surface area contributed by atoms with E-state index in [0.29, 0.717) is 12.5 Å². The van der Waals surface area contributed by atoms with Gasteiger partial charge in [-0.2, -0.15) is 0 Å². The molecular weight excluding hydrogens is 216 g/mol. The third-order valence-electron chi connectivity index (χ3n) is 2.24. The minimum atomic E-state index is -0.0781. The van der Waals surface area contributed by atoms with Gasteiger partial charge in [-0.25, -0.2) is 0 Å². The lowest BCUT2D eigenvalue weighted by Crippen LogP contribution is -2.21. The number of rotatable bonds is 6. The van der Waals surface area contributed by atoms with Crippen molar-refractivity contribution in [3.63, 3.8) is 0 Å². The maximum absolute atomic E-state index is 10.9. The highest BCUT2D eigenvalue weighted by Crippen LogP contribution is 2.17. The molecule has 1 atom stereocenters. The predicted octanol–water partition coefficient (Wildman–Crippen LogP) is 1.88. The van der Waals surface area contributed by atoms with E-state index in [-0.39, 0.29) is 5.91 Å². The van der Waals surface area contributed by atoms with Crippen molar-refractivity contribution in [1.29, 1.82) is 0 Å². The molecule has 1 unspecified atom stereocenters. The van der Waals surface area contributed by atoms with E-state index in [1.165, 1.54) is 6.92 Å². The van der Waals surface area contributed by atoms with Gasteiger partial charge in [-0.15, -0.1) is 0 Å². The van der Waals surface area contributed by atoms with Gasteiger partial charge in [0.15, 0.2) is 0 Å². The Morgan fingerprint density at radius 3 is 2.88 bits per heavy atom. The molecule has 0 aliphatic carbocycles. The molecule has 0 heterocycles. The van der Waals surface area contributed by atoms with Crippen LogP contribution in [0.25, 0.3) is 0 Å². The zero-order chi connectivity index (χ0) is 12.7. The number of amides is 1. The highest BCUT2D eigenvalue weighted by Gasteiger charge is 2.03. The van der Waals surface area contributed by atoms with Crippen LogP contribution in [0.4, 0.5) is 5.69 Å². The zero-order valence-corrected chi connectivity index (χ0v) is 10.6. The summed E-state index contributed by atoms with van der Waals surface area (Å²) in [5.74, 6) is 1.15. The van der Waals surface area contributed by atoms with Gasteiger partial charge in [-0.3, -0.25) is 4.79 Å². The van der Waals surface area contributed by atoms with Crippen LogP contribution in [0.3, 0.4) is 0 Å². The first-order valence-electron chi connectivity index (χ1n) is 5.77. The number of hydrogen-bond donors (Lipinski definition) is 2. The summed E-state index contributed by atoms with van der Waals surface area (Å²) in [6.07, 6.45) is 0. The Labute approximate surface area is 102 Å². The second-order valence-electron chi connectivity index (χ2n) is 4.18. The van der Waals surface area contributed by atoms with Crippen LogP contribution < -0.4 is 15.4 Å². The van der Waals surface area contributed by atoms with Gasteiger partial charge in [-0.1, -0.05) is 13.0 Å². The minimum absolute atomic E-state index is 0.0781. The summed E-state index contributed by atoms with van der Waals surface area (Å²) >= 11 is 0. The summed E-state index contributed by atoms with van der Waals surface area (Å²) in [7, 11) is 1.92. The van der Waals surface area contributed by atoms with Crippen molar-refractivity contribution in [2.75, 3.05) is 25.5 Å². The topological polar surface area (TPSA) is 50.4 Å². The molecule has 1 aromatic rings. The van der Waals surface area contributed by atoms with Crippen molar-refractivity contribution in [3.8, 4) is 5.75 Å². The Hall–Kier alpha value is -1.55. The first-order valence-corrected chi connectivity index (χ1v) is 5.77. The Balaban J connectivity index is 2.50. The molecule has 0 radical (unpaired) electrons. The predicted molar refractivity (Wildman–Crippen MR) is 69.3 cm³/mol. The summed E-state index contributed by atoms with van der Waals surface area (Å²) in [6, 6.07) is 7.42. The summed E-state index contributed by atoms with van der Waals surface area (Å²) in [6.45, 7) is 5.19. The number of carbonyl (C=O) groups is 1. The maximum atomic E-state index is 10.9. The normalized spacial score (nSPS) is 11.9. The van der Waals surface area contributed by atoms with Crippen molar-refractivity contribution in [3.05, 3.63) is 24.3 Å². The molecule has 1 amide bonds. The summed E-state index contributed by atoms with van der Waals surface area (Å²) in [5.41, 5.74) is 0.760. The number of nitrogens with one attached hydrogen (secondary N) is 2. The van der Waals surface area contributed by atoms with Crippen molar-refractivity contribution in [2.24, 2.45) is 5.92 Å². The summed E-state index contributed by atoms with van der Waals surface area (Å²) in [5, 5.41) is 5.83. The van der Waals surface area contributed by atoms with Gasteiger partial charge in [0.25, 0.3) is 0 Å². The number of anilines is 1. The van der Waals surface area contributed by atoms with Crippen molar-refractivity contribution >= 4 is 11.6 Å². The first kappa shape index (κ1) is 13.5. The number of hydrogen-bond acceptors (Lipinski definition) is 3. The van der Waals surface area contributed by atoms with Gasteiger partial charge in [0, 0.05) is 31.1 Å². The molecule has 1 rings (SSSR count). The molecule has 0 aromatic heterocycles. The van der Waals surface area contributed by atoms with Crippen molar-refractivity contribution in [2.45, 2.75) is 13.8 Å². The third-order valence-corrected chi connectivity index (χ3v) is 2.24. The molecule has 0 fully saturated rings. The fraction of sp³-hybridized carbons (Fsp3) is 0.462. The Morgan fingerprint density at radius 2 is 2.24 bits per heavy atom. The average Bonchev–Trinajstić information content (AvgIpc) is 2.26. The van der Waals surface area contributed by atoms with Crippen LogP contribution in [0.15, 0.2) is 24.3 Å². The first-order chi connectivity index (χ1) is 8.11. The van der Waals surface area contributed by atoms with Crippen molar-refractivity contribution in [1.82, 2.24) is 5.32 Å². The molecule has 0 aliphatic rings. The van der Waals surface area contributed by atoms with Crippen LogP contribution in [0, 0.1) is 5.92 Å². The Kier molecular flexibility index (Phi) is 5.49. The summed E-state index contributed by atoms with van der Waals surface area (Å²) < 4.78 is 5.65. The van der Waals surface area contributed by atoms with Gasteiger partial charge in [0.05, 0.1) is 6.61 Å². The Bertz CT molecular complexity index is 366. The maximum Gasteiger partial charge on any atom is 0.221 e. The van der Waals surface area contributed by atoms with Crippen molar-refractivity contribution < 1.29 is 9.53 Å². The van der Waals surface area contributed by atoms with Crippen LogP contribution in [-0.2, 0) is 4.79 Å². The van der Waals surface area contributed by atoms with E-state index in [2.05, 4.69) is 17.6 Å². The van der Waals surface area contributed by atoms with E-state index in [9.17, 15) is 4.79 Å². The minimum Gasteiger partial charge on any atom is -0.493 e. The van der Waals surface area contributed by atoms with Gasteiger partial charge >= 0.3 is 0 Å². The lowest BCUT2D eigenvalue weighted by molar-refractivity contribution is -0.114. The molecule has 0 saturated heterocycles. The van der Waals surface area contributed by atoms with Crippen LogP contribution in [0.5, 0.6) is 5.75 Å². The molecule has 0 spiro atoms. The number of benzene rings is 1. The second kappa shape index (κ2) is 6.91. The van der Waals surface area contributed by atoms with E-state index >= 15 is 0 Å². The van der Waals surface area contributed by atoms with E-state index in [1.54, 1.807) is 0 Å². The van der Waals surface area contributed by atoms with E-state index in [1.807, 2.05) is 31.3 Å². The van der Waals surface area contributed by atoms with E-state index < -0.39 is 0 Å². The van der Waals surface area contributed by atoms with Gasteiger partial charge in [0.1, 0.15) is 5.75 Å². The van der Waals surface area contributed by atoms with Crippen LogP contribution in [0.1, 0.15) is 13.8 Å². The highest BCUT2D eigenvalue weighted by atomic mass is 16.5.